The molecule has 1 amide bonds. The number of nitrogens with zero attached hydrogens (tertiary/aromatic N) is 1. The van der Waals surface area contributed by atoms with Gasteiger partial charge < -0.3 is 10.4 Å². The van der Waals surface area contributed by atoms with Crippen LogP contribution in [0.25, 0.3) is 0 Å². The number of benzene rings is 1. The average molecular weight is 312 g/mol. The topological polar surface area (TPSA) is 110 Å². The van der Waals surface area contributed by atoms with E-state index in [1.807, 2.05) is 0 Å². The van der Waals surface area contributed by atoms with Crippen LogP contribution in [0.3, 0.4) is 0 Å². The zero-order valence-electron chi connectivity index (χ0n) is 11.6. The minimum absolute atomic E-state index is 0.00765. The highest BCUT2D eigenvalue weighted by atomic mass is 32.2. The van der Waals surface area contributed by atoms with E-state index in [2.05, 4.69) is 5.32 Å². The van der Waals surface area contributed by atoms with Crippen molar-refractivity contribution in [2.24, 2.45) is 5.92 Å². The molecule has 0 aliphatic carbocycles. The molecule has 0 aliphatic rings. The van der Waals surface area contributed by atoms with Gasteiger partial charge in [-0.3, -0.25) is 19.7 Å². The van der Waals surface area contributed by atoms with Crippen LogP contribution in [0.5, 0.6) is 0 Å². The van der Waals surface area contributed by atoms with E-state index in [0.29, 0.717) is 0 Å². The van der Waals surface area contributed by atoms with Crippen molar-refractivity contribution < 1.29 is 19.6 Å². The number of nitro benzene ring substituents is 1. The van der Waals surface area contributed by atoms with Crippen molar-refractivity contribution in [3.8, 4) is 0 Å². The van der Waals surface area contributed by atoms with Crippen LogP contribution < -0.4 is 5.32 Å². The minimum atomic E-state index is -0.967. The Morgan fingerprint density at radius 1 is 1.33 bits per heavy atom. The van der Waals surface area contributed by atoms with E-state index in [1.165, 1.54) is 30.8 Å². The first kappa shape index (κ1) is 17.0. The van der Waals surface area contributed by atoms with Gasteiger partial charge in [0.05, 0.1) is 16.1 Å². The van der Waals surface area contributed by atoms with Crippen LogP contribution in [0.1, 0.15) is 13.8 Å². The average Bonchev–Trinajstić information content (AvgIpc) is 2.44. The lowest BCUT2D eigenvalue weighted by molar-refractivity contribution is -0.384. The maximum atomic E-state index is 11.8. The Balaban J connectivity index is 2.52. The van der Waals surface area contributed by atoms with E-state index in [0.717, 1.165) is 4.90 Å². The van der Waals surface area contributed by atoms with Crippen molar-refractivity contribution in [2.75, 3.05) is 6.54 Å². The van der Waals surface area contributed by atoms with Gasteiger partial charge in [0.2, 0.25) is 5.91 Å². The number of carboxylic acid groups (broad SMARTS) is 1. The largest absolute Gasteiger partial charge is 0.481 e. The molecule has 8 heteroatoms. The molecule has 0 fully saturated rings. The van der Waals surface area contributed by atoms with Crippen LogP contribution in [0.2, 0.25) is 0 Å². The normalized spacial score (nSPS) is 13.2. The molecule has 7 nitrogen and oxygen atoms in total. The lowest BCUT2D eigenvalue weighted by Gasteiger charge is -2.13. The van der Waals surface area contributed by atoms with Gasteiger partial charge in [-0.1, -0.05) is 6.92 Å². The molecule has 0 saturated heterocycles. The molecule has 2 unspecified atom stereocenters. The second-order valence-electron chi connectivity index (χ2n) is 4.50. The van der Waals surface area contributed by atoms with Gasteiger partial charge in [0.15, 0.2) is 0 Å². The Morgan fingerprint density at radius 3 is 2.38 bits per heavy atom. The van der Waals surface area contributed by atoms with Crippen LogP contribution in [0.15, 0.2) is 29.2 Å². The van der Waals surface area contributed by atoms with Gasteiger partial charge in [0.1, 0.15) is 0 Å². The molecule has 0 aliphatic heterocycles. The van der Waals surface area contributed by atoms with Crippen LogP contribution in [-0.2, 0) is 9.59 Å². The summed E-state index contributed by atoms with van der Waals surface area (Å²) in [5.74, 6) is -1.89. The summed E-state index contributed by atoms with van der Waals surface area (Å²) < 4.78 is 0. The lowest BCUT2D eigenvalue weighted by atomic mass is 10.2. The standard InChI is InChI=1S/C13H16N2O5S/c1-8(13(17)18)7-14-12(16)9(2)21-11-5-3-10(4-6-11)15(19)20/h3-6,8-9H,7H2,1-2H3,(H,14,16)(H,17,18). The van der Waals surface area contributed by atoms with Crippen molar-refractivity contribution in [2.45, 2.75) is 24.0 Å². The number of hydrogen-bond donors (Lipinski definition) is 2. The second kappa shape index (κ2) is 7.63. The number of amides is 1. The maximum Gasteiger partial charge on any atom is 0.308 e. The zero-order valence-corrected chi connectivity index (χ0v) is 12.4. The molecule has 0 aromatic heterocycles. The molecule has 0 saturated carbocycles. The summed E-state index contributed by atoms with van der Waals surface area (Å²) in [5, 5.41) is 21.4. The zero-order chi connectivity index (χ0) is 16.0. The number of nitro groups is 1. The monoisotopic (exact) mass is 312 g/mol. The molecule has 0 radical (unpaired) electrons. The molecule has 0 bridgehead atoms. The number of rotatable bonds is 7. The predicted octanol–water partition coefficient (Wildman–Crippen LogP) is 1.91. The van der Waals surface area contributed by atoms with Gasteiger partial charge in [-0.05, 0) is 19.1 Å². The smallest absolute Gasteiger partial charge is 0.308 e. The molecule has 0 heterocycles. The molecule has 0 spiro atoms. The van der Waals surface area contributed by atoms with E-state index >= 15 is 0 Å². The van der Waals surface area contributed by atoms with Gasteiger partial charge in [-0.2, -0.15) is 0 Å². The molecule has 2 atom stereocenters. The van der Waals surface area contributed by atoms with Crippen molar-refractivity contribution in [3.63, 3.8) is 0 Å². The Morgan fingerprint density at radius 2 is 1.90 bits per heavy atom. The number of hydrogen-bond acceptors (Lipinski definition) is 5. The van der Waals surface area contributed by atoms with Crippen molar-refractivity contribution in [1.82, 2.24) is 5.32 Å². The molecule has 1 aromatic rings. The van der Waals surface area contributed by atoms with Gasteiger partial charge in [-0.15, -0.1) is 11.8 Å². The van der Waals surface area contributed by atoms with Crippen LogP contribution in [-0.4, -0.2) is 33.7 Å². The van der Waals surface area contributed by atoms with Crippen molar-refractivity contribution in [3.05, 3.63) is 34.4 Å². The summed E-state index contributed by atoms with van der Waals surface area (Å²) in [5.41, 5.74) is -0.00765. The molecule has 1 aromatic carbocycles. The first-order chi connectivity index (χ1) is 9.81. The predicted molar refractivity (Wildman–Crippen MR) is 78.2 cm³/mol. The summed E-state index contributed by atoms with van der Waals surface area (Å²) >= 11 is 1.25. The van der Waals surface area contributed by atoms with Crippen LogP contribution in [0, 0.1) is 16.0 Å². The van der Waals surface area contributed by atoms with Gasteiger partial charge >= 0.3 is 5.97 Å². The molecular weight excluding hydrogens is 296 g/mol. The number of carbonyl (C=O) groups is 2. The number of carboxylic acids is 1. The van der Waals surface area contributed by atoms with Crippen LogP contribution >= 0.6 is 11.8 Å². The Kier molecular flexibility index (Phi) is 6.16. The van der Waals surface area contributed by atoms with E-state index in [9.17, 15) is 19.7 Å². The highest BCUT2D eigenvalue weighted by Crippen LogP contribution is 2.25. The molecular formula is C13H16N2O5S. The maximum absolute atomic E-state index is 11.8. The fraction of sp³-hybridized carbons (Fsp3) is 0.385. The fourth-order valence-electron chi connectivity index (χ4n) is 1.39. The number of non-ortho nitro benzene ring substituents is 1. The second-order valence-corrected chi connectivity index (χ2v) is 5.91. The molecule has 1 rings (SSSR count). The first-order valence-corrected chi connectivity index (χ1v) is 7.11. The third-order valence-electron chi connectivity index (χ3n) is 2.73. The van der Waals surface area contributed by atoms with E-state index in [1.54, 1.807) is 19.1 Å². The summed E-state index contributed by atoms with van der Waals surface area (Å²) in [6.07, 6.45) is 0. The van der Waals surface area contributed by atoms with E-state index < -0.39 is 22.1 Å². The van der Waals surface area contributed by atoms with Gasteiger partial charge in [0.25, 0.3) is 5.69 Å². The molecule has 114 valence electrons. The fourth-order valence-corrected chi connectivity index (χ4v) is 2.28. The summed E-state index contributed by atoms with van der Waals surface area (Å²) in [4.78, 5) is 33.2. The highest BCUT2D eigenvalue weighted by molar-refractivity contribution is 8.00. The first-order valence-electron chi connectivity index (χ1n) is 6.23. The number of carbonyl (C=O) groups excluding carboxylic acids is 1. The Hall–Kier alpha value is -2.09. The van der Waals surface area contributed by atoms with E-state index in [-0.39, 0.29) is 18.1 Å². The van der Waals surface area contributed by atoms with Crippen molar-refractivity contribution in [1.29, 1.82) is 0 Å². The minimum Gasteiger partial charge on any atom is -0.481 e. The van der Waals surface area contributed by atoms with E-state index in [4.69, 9.17) is 5.11 Å². The third-order valence-corrected chi connectivity index (χ3v) is 3.85. The Bertz CT molecular complexity index is 532. The number of aliphatic carboxylic acids is 1. The van der Waals surface area contributed by atoms with Gasteiger partial charge in [-0.25, -0.2) is 0 Å². The number of nitrogens with one attached hydrogen (secondary N) is 1. The third kappa shape index (κ3) is 5.42. The molecule has 21 heavy (non-hydrogen) atoms. The SMILES string of the molecule is CC(CNC(=O)C(C)Sc1ccc([N+](=O)[O-])cc1)C(=O)O. The van der Waals surface area contributed by atoms with Gasteiger partial charge in [0, 0.05) is 23.6 Å². The van der Waals surface area contributed by atoms with Crippen LogP contribution in [0.4, 0.5) is 5.69 Å². The summed E-state index contributed by atoms with van der Waals surface area (Å²) in [6, 6.07) is 5.90. The molecule has 2 N–H and O–H groups in total. The van der Waals surface area contributed by atoms with Crippen molar-refractivity contribution >= 4 is 29.3 Å². The Labute approximate surface area is 125 Å². The number of thioether (sulfide) groups is 1. The quantitative estimate of drug-likeness (QED) is 0.452. The summed E-state index contributed by atoms with van der Waals surface area (Å²) in [7, 11) is 0. The lowest BCUT2D eigenvalue weighted by Crippen LogP contribution is -2.36. The summed E-state index contributed by atoms with van der Waals surface area (Å²) in [6.45, 7) is 3.27. The highest BCUT2D eigenvalue weighted by Gasteiger charge is 2.17.